The fourth-order valence-corrected chi connectivity index (χ4v) is 4.45. The first-order valence-electron chi connectivity index (χ1n) is 7.20. The van der Waals surface area contributed by atoms with Crippen LogP contribution in [0, 0.1) is 5.92 Å². The Bertz CT molecular complexity index is 527. The molecule has 5 heteroatoms. The number of nitrogens with one attached hydrogen (secondary N) is 1. The number of alkyl halides is 1. The second-order valence-corrected chi connectivity index (χ2v) is 7.90. The molecule has 0 spiro atoms. The van der Waals surface area contributed by atoms with E-state index in [1.54, 1.807) is 12.1 Å². The van der Waals surface area contributed by atoms with Crippen LogP contribution in [0.1, 0.15) is 44.6 Å². The predicted octanol–water partition coefficient (Wildman–Crippen LogP) is 3.83. The third kappa shape index (κ3) is 4.06. The topological polar surface area (TPSA) is 46.2 Å². The highest BCUT2D eigenvalue weighted by atomic mass is 79.9. The van der Waals surface area contributed by atoms with Gasteiger partial charge in [0.15, 0.2) is 0 Å². The maximum atomic E-state index is 12.4. The van der Waals surface area contributed by atoms with Crippen LogP contribution in [0.4, 0.5) is 0 Å². The molecule has 20 heavy (non-hydrogen) atoms. The number of halogens is 1. The first-order chi connectivity index (χ1) is 9.53. The summed E-state index contributed by atoms with van der Waals surface area (Å²) in [6, 6.07) is 7.12. The molecule has 2 rings (SSSR count). The molecule has 0 bridgehead atoms. The third-order valence-electron chi connectivity index (χ3n) is 4.06. The number of benzene rings is 1. The van der Waals surface area contributed by atoms with Gasteiger partial charge in [0.05, 0.1) is 4.90 Å². The second kappa shape index (κ2) is 7.05. The molecule has 1 aromatic carbocycles. The van der Waals surface area contributed by atoms with Crippen molar-refractivity contribution in [3.63, 3.8) is 0 Å². The lowest BCUT2D eigenvalue weighted by Crippen LogP contribution is -2.38. The fraction of sp³-hybridized carbons (Fsp3) is 0.600. The average molecular weight is 360 g/mol. The van der Waals surface area contributed by atoms with Gasteiger partial charge in [-0.3, -0.25) is 0 Å². The van der Waals surface area contributed by atoms with Crippen molar-refractivity contribution in [2.75, 3.05) is 0 Å². The molecule has 1 saturated carbocycles. The van der Waals surface area contributed by atoms with E-state index in [1.807, 2.05) is 12.1 Å². The van der Waals surface area contributed by atoms with Gasteiger partial charge in [0.1, 0.15) is 0 Å². The molecular formula is C15H22BrNO2S. The van der Waals surface area contributed by atoms with Crippen molar-refractivity contribution in [3.8, 4) is 0 Å². The zero-order valence-corrected chi connectivity index (χ0v) is 14.2. The molecule has 2 unspecified atom stereocenters. The van der Waals surface area contributed by atoms with E-state index >= 15 is 0 Å². The van der Waals surface area contributed by atoms with Crippen LogP contribution in [0.15, 0.2) is 29.2 Å². The van der Waals surface area contributed by atoms with Crippen LogP contribution in [0.25, 0.3) is 0 Å². The minimum absolute atomic E-state index is 0.0679. The van der Waals surface area contributed by atoms with E-state index in [4.69, 9.17) is 0 Å². The van der Waals surface area contributed by atoms with Crippen molar-refractivity contribution < 1.29 is 8.42 Å². The maximum Gasteiger partial charge on any atom is 0.240 e. The van der Waals surface area contributed by atoms with Crippen molar-refractivity contribution in [1.29, 1.82) is 0 Å². The highest BCUT2D eigenvalue weighted by Gasteiger charge is 2.25. The monoisotopic (exact) mass is 359 g/mol. The van der Waals surface area contributed by atoms with Crippen molar-refractivity contribution in [3.05, 3.63) is 29.8 Å². The van der Waals surface area contributed by atoms with Crippen LogP contribution in [0.2, 0.25) is 0 Å². The van der Waals surface area contributed by atoms with Crippen molar-refractivity contribution in [1.82, 2.24) is 4.72 Å². The predicted molar refractivity (Wildman–Crippen MR) is 85.4 cm³/mol. The van der Waals surface area contributed by atoms with E-state index in [0.717, 1.165) is 30.2 Å². The SMILES string of the molecule is CC1CCCCCC1NS(=O)(=O)c1ccc(CBr)cc1. The molecule has 1 N–H and O–H groups in total. The van der Waals surface area contributed by atoms with Gasteiger partial charge in [-0.1, -0.05) is 54.2 Å². The van der Waals surface area contributed by atoms with Crippen LogP contribution in [-0.4, -0.2) is 14.5 Å². The Kier molecular flexibility index (Phi) is 5.64. The van der Waals surface area contributed by atoms with Gasteiger partial charge in [0.2, 0.25) is 10.0 Å². The summed E-state index contributed by atoms with van der Waals surface area (Å²) in [7, 11) is -3.40. The van der Waals surface area contributed by atoms with Gasteiger partial charge in [0.25, 0.3) is 0 Å². The van der Waals surface area contributed by atoms with Gasteiger partial charge < -0.3 is 0 Å². The van der Waals surface area contributed by atoms with E-state index < -0.39 is 10.0 Å². The summed E-state index contributed by atoms with van der Waals surface area (Å²) >= 11 is 3.36. The molecule has 112 valence electrons. The molecule has 0 saturated heterocycles. The molecule has 1 aliphatic rings. The minimum atomic E-state index is -3.40. The molecule has 1 fully saturated rings. The van der Waals surface area contributed by atoms with E-state index in [0.29, 0.717) is 10.8 Å². The normalized spacial score (nSPS) is 24.3. The summed E-state index contributed by atoms with van der Waals surface area (Å²) in [5.41, 5.74) is 1.08. The quantitative estimate of drug-likeness (QED) is 0.655. The highest BCUT2D eigenvalue weighted by molar-refractivity contribution is 9.08. The second-order valence-electron chi connectivity index (χ2n) is 5.62. The molecule has 1 aliphatic carbocycles. The van der Waals surface area contributed by atoms with Crippen molar-refractivity contribution in [2.24, 2.45) is 5.92 Å². The number of sulfonamides is 1. The molecule has 3 nitrogen and oxygen atoms in total. The molecule has 0 aromatic heterocycles. The Morgan fingerprint density at radius 2 is 1.80 bits per heavy atom. The van der Waals surface area contributed by atoms with E-state index in [9.17, 15) is 8.42 Å². The largest absolute Gasteiger partial charge is 0.240 e. The van der Waals surface area contributed by atoms with E-state index in [1.165, 1.54) is 12.8 Å². The Morgan fingerprint density at radius 3 is 2.45 bits per heavy atom. The standard InChI is InChI=1S/C15H22BrNO2S/c1-12-5-3-2-4-6-15(12)17-20(18,19)14-9-7-13(11-16)8-10-14/h7-10,12,15,17H,2-6,11H2,1H3. The van der Waals surface area contributed by atoms with Crippen LogP contribution < -0.4 is 4.72 Å². The Labute approximate surface area is 130 Å². The van der Waals surface area contributed by atoms with Gasteiger partial charge in [-0.2, -0.15) is 0 Å². The zero-order chi connectivity index (χ0) is 14.6. The summed E-state index contributed by atoms with van der Waals surface area (Å²) < 4.78 is 27.8. The number of rotatable bonds is 4. The van der Waals surface area contributed by atoms with Crippen LogP contribution in [-0.2, 0) is 15.4 Å². The Morgan fingerprint density at radius 1 is 1.15 bits per heavy atom. The summed E-state index contributed by atoms with van der Waals surface area (Å²) in [4.78, 5) is 0.360. The lowest BCUT2D eigenvalue weighted by Gasteiger charge is -2.22. The summed E-state index contributed by atoms with van der Waals surface area (Å²) in [5, 5.41) is 0.737. The molecule has 0 aliphatic heterocycles. The van der Waals surface area contributed by atoms with Crippen molar-refractivity contribution in [2.45, 2.75) is 55.3 Å². The van der Waals surface area contributed by atoms with Crippen LogP contribution >= 0.6 is 15.9 Å². The van der Waals surface area contributed by atoms with Gasteiger partial charge in [-0.25, -0.2) is 13.1 Å². The molecule has 0 radical (unpaired) electrons. The molecule has 1 aromatic rings. The van der Waals surface area contributed by atoms with Gasteiger partial charge in [0, 0.05) is 11.4 Å². The van der Waals surface area contributed by atoms with Crippen molar-refractivity contribution >= 4 is 26.0 Å². The number of hydrogen-bond donors (Lipinski definition) is 1. The van der Waals surface area contributed by atoms with Gasteiger partial charge >= 0.3 is 0 Å². The Balaban J connectivity index is 2.12. The van der Waals surface area contributed by atoms with Crippen LogP contribution in [0.5, 0.6) is 0 Å². The third-order valence-corrected chi connectivity index (χ3v) is 6.21. The first kappa shape index (κ1) is 16.0. The lowest BCUT2D eigenvalue weighted by atomic mass is 9.98. The minimum Gasteiger partial charge on any atom is -0.208 e. The highest BCUT2D eigenvalue weighted by Crippen LogP contribution is 2.24. The molecule has 2 atom stereocenters. The summed E-state index contributed by atoms with van der Waals surface area (Å²) in [6.07, 6.45) is 5.58. The molecule has 0 heterocycles. The molecular weight excluding hydrogens is 338 g/mol. The zero-order valence-electron chi connectivity index (χ0n) is 11.8. The summed E-state index contributed by atoms with van der Waals surface area (Å²) in [5.74, 6) is 0.411. The molecule has 0 amide bonds. The number of hydrogen-bond acceptors (Lipinski definition) is 2. The average Bonchev–Trinajstić information content (AvgIpc) is 2.64. The van der Waals surface area contributed by atoms with E-state index in [2.05, 4.69) is 27.6 Å². The fourth-order valence-electron chi connectivity index (χ4n) is 2.69. The van der Waals surface area contributed by atoms with Gasteiger partial charge in [-0.05, 0) is 36.5 Å². The van der Waals surface area contributed by atoms with Gasteiger partial charge in [-0.15, -0.1) is 0 Å². The van der Waals surface area contributed by atoms with Crippen LogP contribution in [0.3, 0.4) is 0 Å². The Hall–Kier alpha value is -0.390. The summed E-state index contributed by atoms with van der Waals surface area (Å²) in [6.45, 7) is 2.15. The maximum absolute atomic E-state index is 12.4. The van der Waals surface area contributed by atoms with E-state index in [-0.39, 0.29) is 6.04 Å². The smallest absolute Gasteiger partial charge is 0.208 e. The first-order valence-corrected chi connectivity index (χ1v) is 9.80. The lowest BCUT2D eigenvalue weighted by molar-refractivity contribution is 0.399.